The van der Waals surface area contributed by atoms with Crippen LogP contribution in [0.3, 0.4) is 0 Å². The molecule has 3 N–H and O–H groups in total. The molecule has 0 spiro atoms. The minimum absolute atomic E-state index is 0.0945. The molecule has 0 heterocycles. The van der Waals surface area contributed by atoms with Gasteiger partial charge in [0.25, 0.3) is 0 Å². The second kappa shape index (κ2) is 26.9. The molecular weight excluding hydrogens is 398 g/mol. The van der Waals surface area contributed by atoms with E-state index < -0.39 is 10.4 Å². The lowest BCUT2D eigenvalue weighted by Crippen LogP contribution is -2.04. The molecule has 0 aromatic heterocycles. The molecule has 0 unspecified atom stereocenters. The van der Waals surface area contributed by atoms with Gasteiger partial charge in [0.1, 0.15) is 0 Å². The van der Waals surface area contributed by atoms with Gasteiger partial charge in [-0.2, -0.15) is 8.42 Å². The number of rotatable bonds is 22. The smallest absolute Gasteiger partial charge is 0.330 e. The summed E-state index contributed by atoms with van der Waals surface area (Å²) in [6.45, 7) is 5.42. The fourth-order valence-corrected chi connectivity index (χ4v) is 3.71. The van der Waals surface area contributed by atoms with Crippen LogP contribution in [0.1, 0.15) is 142 Å². The zero-order chi connectivity index (χ0) is 22.8. The van der Waals surface area contributed by atoms with Gasteiger partial charge in [-0.25, -0.2) is 4.18 Å². The van der Waals surface area contributed by atoms with E-state index in [9.17, 15) is 8.42 Å². The molecule has 0 rings (SSSR count). The van der Waals surface area contributed by atoms with E-state index in [1.54, 1.807) is 0 Å². The molecule has 0 aromatic rings. The van der Waals surface area contributed by atoms with E-state index in [1.165, 1.54) is 109 Å². The maximum Gasteiger partial charge on any atom is 0.397 e. The number of nitrogens with two attached hydrogens (primary N) is 1. The fourth-order valence-electron chi connectivity index (χ4n) is 3.39. The highest BCUT2D eigenvalue weighted by molar-refractivity contribution is 7.80. The first kappa shape index (κ1) is 32.0. The molecule has 0 aliphatic heterocycles. The largest absolute Gasteiger partial charge is 0.397 e. The van der Waals surface area contributed by atoms with Crippen molar-refractivity contribution < 1.29 is 17.2 Å². The van der Waals surface area contributed by atoms with Crippen LogP contribution in [0, 0.1) is 0 Å². The molecular formula is C24H53NO4S. The number of hydrogen-bond acceptors (Lipinski definition) is 4. The average molecular weight is 452 g/mol. The lowest BCUT2D eigenvalue weighted by atomic mass is 10.0. The van der Waals surface area contributed by atoms with Gasteiger partial charge >= 0.3 is 10.4 Å². The highest BCUT2D eigenvalue weighted by Crippen LogP contribution is 2.13. The van der Waals surface area contributed by atoms with Gasteiger partial charge in [0.2, 0.25) is 0 Å². The van der Waals surface area contributed by atoms with Crippen LogP contribution < -0.4 is 5.73 Å². The summed E-state index contributed by atoms with van der Waals surface area (Å²) in [7, 11) is -4.24. The second-order valence-electron chi connectivity index (χ2n) is 8.40. The van der Waals surface area contributed by atoms with Gasteiger partial charge in [-0.1, -0.05) is 129 Å². The Bertz CT molecular complexity index is 398. The van der Waals surface area contributed by atoms with Crippen molar-refractivity contribution in [1.82, 2.24) is 0 Å². The molecule has 0 aliphatic rings. The van der Waals surface area contributed by atoms with Crippen LogP contribution in [0.5, 0.6) is 0 Å². The van der Waals surface area contributed by atoms with Gasteiger partial charge in [0.15, 0.2) is 0 Å². The second-order valence-corrected chi connectivity index (χ2v) is 9.49. The van der Waals surface area contributed by atoms with E-state index >= 15 is 0 Å². The van der Waals surface area contributed by atoms with Crippen molar-refractivity contribution >= 4 is 10.4 Å². The Morgan fingerprint density at radius 2 is 0.867 bits per heavy atom. The summed E-state index contributed by atoms with van der Waals surface area (Å²) in [4.78, 5) is 0. The number of unbranched alkanes of at least 4 members (excludes halogenated alkanes) is 18. The highest BCUT2D eigenvalue weighted by Gasteiger charge is 2.02. The van der Waals surface area contributed by atoms with Crippen LogP contribution >= 0.6 is 0 Å². The van der Waals surface area contributed by atoms with E-state index in [1.807, 2.05) is 0 Å². The van der Waals surface area contributed by atoms with Crippen LogP contribution in [-0.4, -0.2) is 26.1 Å². The summed E-state index contributed by atoms with van der Waals surface area (Å²) in [6.07, 6.45) is 25.7. The van der Waals surface area contributed by atoms with Gasteiger partial charge in [0.05, 0.1) is 6.61 Å². The molecule has 0 bridgehead atoms. The van der Waals surface area contributed by atoms with E-state index in [0.717, 1.165) is 19.4 Å². The molecule has 5 nitrogen and oxygen atoms in total. The van der Waals surface area contributed by atoms with Gasteiger partial charge in [-0.05, 0) is 19.4 Å². The van der Waals surface area contributed by atoms with Crippen molar-refractivity contribution in [2.75, 3.05) is 13.2 Å². The van der Waals surface area contributed by atoms with Crippen LogP contribution in [0.4, 0.5) is 0 Å². The first-order chi connectivity index (χ1) is 14.5. The summed E-state index contributed by atoms with van der Waals surface area (Å²) in [5.41, 5.74) is 5.27. The Labute approximate surface area is 188 Å². The predicted molar refractivity (Wildman–Crippen MR) is 130 cm³/mol. The van der Waals surface area contributed by atoms with Crippen LogP contribution in [0.2, 0.25) is 0 Å². The summed E-state index contributed by atoms with van der Waals surface area (Å²) in [6, 6.07) is 0. The van der Waals surface area contributed by atoms with Crippen molar-refractivity contribution in [3.05, 3.63) is 0 Å². The molecule has 0 saturated carbocycles. The van der Waals surface area contributed by atoms with E-state index in [-0.39, 0.29) is 6.61 Å². The molecule has 0 aliphatic carbocycles. The minimum Gasteiger partial charge on any atom is -0.330 e. The topological polar surface area (TPSA) is 89.6 Å². The van der Waals surface area contributed by atoms with Crippen LogP contribution in [-0.2, 0) is 14.6 Å². The molecule has 0 radical (unpaired) electrons. The summed E-state index contributed by atoms with van der Waals surface area (Å²) >= 11 is 0. The molecule has 0 amide bonds. The van der Waals surface area contributed by atoms with Crippen molar-refractivity contribution in [3.8, 4) is 0 Å². The van der Waals surface area contributed by atoms with Gasteiger partial charge in [0, 0.05) is 0 Å². The van der Waals surface area contributed by atoms with Crippen molar-refractivity contribution in [3.63, 3.8) is 0 Å². The van der Waals surface area contributed by atoms with Gasteiger partial charge in [-0.15, -0.1) is 0 Å². The maximum absolute atomic E-state index is 10.3. The third-order valence-corrected chi connectivity index (χ3v) is 5.75. The lowest BCUT2D eigenvalue weighted by molar-refractivity contribution is 0.261. The predicted octanol–water partition coefficient (Wildman–Crippen LogP) is 7.59. The van der Waals surface area contributed by atoms with E-state index in [4.69, 9.17) is 10.3 Å². The van der Waals surface area contributed by atoms with Gasteiger partial charge in [-0.3, -0.25) is 4.55 Å². The van der Waals surface area contributed by atoms with Crippen molar-refractivity contribution in [2.24, 2.45) is 5.73 Å². The summed E-state index contributed by atoms with van der Waals surface area (Å²) in [5.74, 6) is 0. The van der Waals surface area contributed by atoms with Gasteiger partial charge < -0.3 is 5.73 Å². The Hall–Kier alpha value is -0.170. The van der Waals surface area contributed by atoms with Crippen molar-refractivity contribution in [2.45, 2.75) is 142 Å². The van der Waals surface area contributed by atoms with Crippen molar-refractivity contribution in [1.29, 1.82) is 0 Å². The van der Waals surface area contributed by atoms with Crippen LogP contribution in [0.25, 0.3) is 0 Å². The summed E-state index contributed by atoms with van der Waals surface area (Å²) in [5, 5.41) is 0. The Morgan fingerprint density at radius 3 is 1.17 bits per heavy atom. The fraction of sp³-hybridized carbons (Fsp3) is 1.00. The zero-order valence-electron chi connectivity index (χ0n) is 20.2. The quantitative estimate of drug-likeness (QED) is 0.131. The first-order valence-electron chi connectivity index (χ1n) is 12.8. The molecule has 0 aromatic carbocycles. The minimum atomic E-state index is -4.24. The zero-order valence-corrected chi connectivity index (χ0v) is 21.0. The highest BCUT2D eigenvalue weighted by atomic mass is 32.3. The molecule has 0 saturated heterocycles. The molecule has 0 atom stereocenters. The SMILES string of the molecule is CCCCCCCCCCCCCCCCCCOS(=O)(=O)O.CCCCCCN. The lowest BCUT2D eigenvalue weighted by Gasteiger charge is -2.03. The third-order valence-electron chi connectivity index (χ3n) is 5.29. The Balaban J connectivity index is 0. The molecule has 184 valence electrons. The van der Waals surface area contributed by atoms with E-state index in [0.29, 0.717) is 6.42 Å². The summed E-state index contributed by atoms with van der Waals surface area (Å²) < 4.78 is 33.3. The Kier molecular flexibility index (Phi) is 28.7. The normalized spacial score (nSPS) is 11.3. The Morgan fingerprint density at radius 1 is 0.567 bits per heavy atom. The maximum atomic E-state index is 10.3. The molecule has 6 heteroatoms. The van der Waals surface area contributed by atoms with E-state index in [2.05, 4.69) is 18.0 Å². The number of hydrogen-bond donors (Lipinski definition) is 2. The first-order valence-corrected chi connectivity index (χ1v) is 14.2. The molecule has 0 fully saturated rings. The average Bonchev–Trinajstić information content (AvgIpc) is 2.70. The van der Waals surface area contributed by atoms with Crippen LogP contribution in [0.15, 0.2) is 0 Å². The third kappa shape index (κ3) is 35.3. The standard InChI is InChI=1S/C18H38O4S.C6H15N/c1-2-3-4-5-6-7-8-9-10-11-12-13-14-15-16-17-18-22-23(19,20)21;1-2-3-4-5-6-7/h2-18H2,1H3,(H,19,20,21);2-7H2,1H3. The molecule has 30 heavy (non-hydrogen) atoms. The monoisotopic (exact) mass is 451 g/mol.